The minimum atomic E-state index is -0.392. The number of hydrogen-bond donors (Lipinski definition) is 1. The highest BCUT2D eigenvalue weighted by Gasteiger charge is 2.23. The number of ether oxygens (including phenoxy) is 1. The molecular weight excluding hydrogens is 320 g/mol. The van der Waals surface area contributed by atoms with Crippen molar-refractivity contribution in [3.8, 4) is 0 Å². The third-order valence-electron chi connectivity index (χ3n) is 4.52. The van der Waals surface area contributed by atoms with E-state index in [0.29, 0.717) is 29.3 Å². The molecule has 132 valence electrons. The van der Waals surface area contributed by atoms with Gasteiger partial charge in [0.1, 0.15) is 11.1 Å². The molecule has 3 heterocycles. The van der Waals surface area contributed by atoms with Crippen molar-refractivity contribution in [3.05, 3.63) is 36.3 Å². The zero-order valence-corrected chi connectivity index (χ0v) is 14.3. The van der Waals surface area contributed by atoms with Crippen molar-refractivity contribution in [1.29, 1.82) is 0 Å². The van der Waals surface area contributed by atoms with Crippen molar-refractivity contribution >= 4 is 23.0 Å². The van der Waals surface area contributed by atoms with E-state index in [1.165, 1.54) is 6.08 Å². The first kappa shape index (κ1) is 17.1. The number of piperidine rings is 1. The molecule has 0 aromatic carbocycles. The number of likely N-dealkylation sites (tertiary alicyclic amines) is 1. The van der Waals surface area contributed by atoms with Gasteiger partial charge in [-0.05, 0) is 38.2 Å². The maximum absolute atomic E-state index is 12.0. The van der Waals surface area contributed by atoms with E-state index in [9.17, 15) is 9.59 Å². The molecule has 2 aromatic rings. The van der Waals surface area contributed by atoms with Crippen LogP contribution in [0.4, 0.5) is 0 Å². The number of hydrogen-bond acceptors (Lipinski definition) is 5. The van der Waals surface area contributed by atoms with Crippen LogP contribution in [0.5, 0.6) is 0 Å². The molecule has 1 aliphatic rings. The van der Waals surface area contributed by atoms with Crippen LogP contribution < -0.4 is 0 Å². The minimum absolute atomic E-state index is 0.00828. The Bertz CT molecular complexity index is 791. The quantitative estimate of drug-likeness (QED) is 0.664. The number of aromatic nitrogens is 3. The molecule has 1 amide bonds. The van der Waals surface area contributed by atoms with E-state index in [4.69, 9.17) is 4.74 Å². The number of rotatable bonds is 5. The van der Waals surface area contributed by atoms with Gasteiger partial charge in [-0.3, -0.25) is 4.79 Å². The molecule has 0 saturated carbocycles. The van der Waals surface area contributed by atoms with Gasteiger partial charge in [-0.25, -0.2) is 14.8 Å². The summed E-state index contributed by atoms with van der Waals surface area (Å²) in [5.74, 6) is 0.0492. The summed E-state index contributed by atoms with van der Waals surface area (Å²) in [7, 11) is 0. The van der Waals surface area contributed by atoms with Gasteiger partial charge in [0, 0.05) is 19.3 Å². The number of nitrogens with zero attached hydrogens (tertiary/aromatic N) is 3. The molecule has 0 bridgehead atoms. The fourth-order valence-electron chi connectivity index (χ4n) is 3.17. The molecule has 0 atom stereocenters. The van der Waals surface area contributed by atoms with E-state index in [0.717, 1.165) is 38.0 Å². The average Bonchev–Trinajstić information content (AvgIpc) is 3.05. The Labute approximate surface area is 146 Å². The third-order valence-corrected chi connectivity index (χ3v) is 4.52. The molecule has 0 radical (unpaired) electrons. The number of amides is 1. The number of carbonyl (C=O) groups is 2. The first-order chi connectivity index (χ1) is 12.1. The lowest BCUT2D eigenvalue weighted by molar-refractivity contribution is -0.127. The summed E-state index contributed by atoms with van der Waals surface area (Å²) in [6.07, 6.45) is 7.34. The molecule has 1 saturated heterocycles. The summed E-state index contributed by atoms with van der Waals surface area (Å²) in [4.78, 5) is 37.4. The van der Waals surface area contributed by atoms with Crippen molar-refractivity contribution in [2.24, 2.45) is 5.92 Å². The van der Waals surface area contributed by atoms with E-state index in [1.807, 2.05) is 4.90 Å². The largest absolute Gasteiger partial charge is 0.462 e. The van der Waals surface area contributed by atoms with E-state index < -0.39 is 5.97 Å². The van der Waals surface area contributed by atoms with Gasteiger partial charge in [0.05, 0.1) is 18.5 Å². The summed E-state index contributed by atoms with van der Waals surface area (Å²) in [6.45, 7) is 7.10. The second kappa shape index (κ2) is 7.46. The molecule has 0 unspecified atom stereocenters. The van der Waals surface area contributed by atoms with Crippen LogP contribution in [0, 0.1) is 5.92 Å². The number of H-pyrrole nitrogens is 1. The maximum atomic E-state index is 12.0. The summed E-state index contributed by atoms with van der Waals surface area (Å²) in [5, 5.41) is 0. The summed E-state index contributed by atoms with van der Waals surface area (Å²) >= 11 is 0. The van der Waals surface area contributed by atoms with Crippen molar-refractivity contribution in [2.45, 2.75) is 26.2 Å². The number of nitrogens with one attached hydrogen (secondary N) is 1. The molecule has 1 aliphatic heterocycles. The van der Waals surface area contributed by atoms with Gasteiger partial charge < -0.3 is 14.6 Å². The highest BCUT2D eigenvalue weighted by atomic mass is 16.5. The standard InChI is InChI=1S/C18H22N4O3/c1-3-15(23)22-7-5-12(6-8-22)9-13-10-19-17-16(21-13)14(11-20-17)18(24)25-4-2/h3,10-12H,1,4-9H2,2H3,(H,19,20). The van der Waals surface area contributed by atoms with Crippen LogP contribution in [0.15, 0.2) is 25.0 Å². The summed E-state index contributed by atoms with van der Waals surface area (Å²) in [6, 6.07) is 0. The second-order valence-corrected chi connectivity index (χ2v) is 6.16. The van der Waals surface area contributed by atoms with Gasteiger partial charge in [0.25, 0.3) is 0 Å². The predicted octanol–water partition coefficient (Wildman–Crippen LogP) is 2.10. The Balaban J connectivity index is 1.70. The van der Waals surface area contributed by atoms with Gasteiger partial charge in [-0.2, -0.15) is 0 Å². The van der Waals surface area contributed by atoms with E-state index in [2.05, 4.69) is 21.5 Å². The van der Waals surface area contributed by atoms with Crippen LogP contribution >= 0.6 is 0 Å². The smallest absolute Gasteiger partial charge is 0.341 e. The van der Waals surface area contributed by atoms with Crippen LogP contribution in [0.2, 0.25) is 0 Å². The Morgan fingerprint density at radius 2 is 2.20 bits per heavy atom. The van der Waals surface area contributed by atoms with Crippen molar-refractivity contribution in [1.82, 2.24) is 19.9 Å². The van der Waals surface area contributed by atoms with Crippen molar-refractivity contribution < 1.29 is 14.3 Å². The van der Waals surface area contributed by atoms with Gasteiger partial charge in [-0.1, -0.05) is 6.58 Å². The number of aromatic amines is 1. The van der Waals surface area contributed by atoms with E-state index in [1.54, 1.807) is 19.3 Å². The lowest BCUT2D eigenvalue weighted by Gasteiger charge is -2.31. The lowest BCUT2D eigenvalue weighted by Crippen LogP contribution is -2.37. The van der Waals surface area contributed by atoms with Crippen LogP contribution in [-0.2, 0) is 16.0 Å². The number of esters is 1. The molecule has 0 spiro atoms. The Morgan fingerprint density at radius 3 is 2.88 bits per heavy atom. The van der Waals surface area contributed by atoms with Crippen molar-refractivity contribution in [2.75, 3.05) is 19.7 Å². The third kappa shape index (κ3) is 3.70. The Kier molecular flexibility index (Phi) is 5.11. The highest BCUT2D eigenvalue weighted by molar-refractivity contribution is 6.01. The zero-order chi connectivity index (χ0) is 17.8. The van der Waals surface area contributed by atoms with Crippen LogP contribution in [-0.4, -0.2) is 51.4 Å². The van der Waals surface area contributed by atoms with Crippen molar-refractivity contribution in [3.63, 3.8) is 0 Å². The molecule has 7 nitrogen and oxygen atoms in total. The normalized spacial score (nSPS) is 15.3. The Hall–Kier alpha value is -2.70. The Morgan fingerprint density at radius 1 is 1.44 bits per heavy atom. The molecule has 7 heteroatoms. The first-order valence-corrected chi connectivity index (χ1v) is 8.53. The predicted molar refractivity (Wildman–Crippen MR) is 93.1 cm³/mol. The number of carbonyl (C=O) groups excluding carboxylic acids is 2. The molecule has 2 aromatic heterocycles. The monoisotopic (exact) mass is 342 g/mol. The molecule has 0 aliphatic carbocycles. The highest BCUT2D eigenvalue weighted by Crippen LogP contribution is 2.22. The van der Waals surface area contributed by atoms with Gasteiger partial charge in [0.15, 0.2) is 5.65 Å². The van der Waals surface area contributed by atoms with Crippen LogP contribution in [0.3, 0.4) is 0 Å². The van der Waals surface area contributed by atoms with Crippen LogP contribution in [0.25, 0.3) is 11.2 Å². The summed E-state index contributed by atoms with van der Waals surface area (Å²) in [5.41, 5.74) is 2.40. The molecule has 1 N–H and O–H groups in total. The minimum Gasteiger partial charge on any atom is -0.462 e. The molecule has 25 heavy (non-hydrogen) atoms. The average molecular weight is 342 g/mol. The maximum Gasteiger partial charge on any atom is 0.341 e. The summed E-state index contributed by atoms with van der Waals surface area (Å²) < 4.78 is 5.06. The zero-order valence-electron chi connectivity index (χ0n) is 14.3. The fourth-order valence-corrected chi connectivity index (χ4v) is 3.17. The lowest BCUT2D eigenvalue weighted by atomic mass is 9.92. The van der Waals surface area contributed by atoms with E-state index in [-0.39, 0.29) is 5.91 Å². The van der Waals surface area contributed by atoms with Crippen LogP contribution in [0.1, 0.15) is 35.8 Å². The first-order valence-electron chi connectivity index (χ1n) is 8.53. The van der Waals surface area contributed by atoms with Gasteiger partial charge in [-0.15, -0.1) is 0 Å². The van der Waals surface area contributed by atoms with Gasteiger partial charge >= 0.3 is 5.97 Å². The molecule has 1 fully saturated rings. The topological polar surface area (TPSA) is 88.2 Å². The second-order valence-electron chi connectivity index (χ2n) is 6.16. The number of fused-ring (bicyclic) bond motifs is 1. The van der Waals surface area contributed by atoms with Gasteiger partial charge in [0.2, 0.25) is 5.91 Å². The SMILES string of the molecule is C=CC(=O)N1CCC(Cc2cnc3[nH]cc(C(=O)OCC)c3n2)CC1. The molecular formula is C18H22N4O3. The molecule has 3 rings (SSSR count). The van der Waals surface area contributed by atoms with E-state index >= 15 is 0 Å². The fraction of sp³-hybridized carbons (Fsp3) is 0.444.